The van der Waals surface area contributed by atoms with Gasteiger partial charge in [0.15, 0.2) is 12.0 Å². The molecule has 0 bridgehead atoms. The molecule has 0 saturated heterocycles. The Labute approximate surface area is 128 Å². The molecule has 0 aliphatic heterocycles. The molecule has 7 heteroatoms. The zero-order valence-corrected chi connectivity index (χ0v) is 12.5. The maximum Gasteiger partial charge on any atom is 0.253 e. The molecular formula is C14H14BrF2NO3. The predicted molar refractivity (Wildman–Crippen MR) is 75.3 cm³/mol. The van der Waals surface area contributed by atoms with Crippen molar-refractivity contribution in [3.8, 4) is 0 Å². The molecule has 0 aromatic rings. The minimum Gasteiger partial charge on any atom is -0.411 e. The van der Waals surface area contributed by atoms with Gasteiger partial charge in [-0.25, -0.2) is 8.78 Å². The first-order valence-corrected chi connectivity index (χ1v) is 7.48. The molecule has 0 aromatic heterocycles. The molecule has 3 rings (SSSR count). The monoisotopic (exact) mass is 361 g/mol. The van der Waals surface area contributed by atoms with Gasteiger partial charge in [-0.3, -0.25) is 0 Å². The third kappa shape index (κ3) is 2.10. The summed E-state index contributed by atoms with van der Waals surface area (Å²) < 4.78 is 28.1. The Kier molecular flexibility index (Phi) is 3.54. The Hall–Kier alpha value is -1.05. The van der Waals surface area contributed by atoms with Gasteiger partial charge in [0.1, 0.15) is 0 Å². The smallest absolute Gasteiger partial charge is 0.253 e. The summed E-state index contributed by atoms with van der Waals surface area (Å²) in [5, 5.41) is 31.1. The van der Waals surface area contributed by atoms with E-state index >= 15 is 0 Å². The maximum absolute atomic E-state index is 13.8. The van der Waals surface area contributed by atoms with Crippen LogP contribution in [0.5, 0.6) is 0 Å². The van der Waals surface area contributed by atoms with Gasteiger partial charge in [0.25, 0.3) is 5.79 Å². The van der Waals surface area contributed by atoms with Crippen molar-refractivity contribution < 1.29 is 24.2 Å². The van der Waals surface area contributed by atoms with Gasteiger partial charge >= 0.3 is 0 Å². The summed E-state index contributed by atoms with van der Waals surface area (Å²) in [6, 6.07) is 0. The van der Waals surface area contributed by atoms with Crippen LogP contribution in [0.2, 0.25) is 0 Å². The summed E-state index contributed by atoms with van der Waals surface area (Å²) in [5.74, 6) is -4.38. The molecule has 0 radical (unpaired) electrons. The fourth-order valence-electron chi connectivity index (χ4n) is 3.42. The van der Waals surface area contributed by atoms with Gasteiger partial charge in [0, 0.05) is 10.4 Å². The Morgan fingerprint density at radius 3 is 2.57 bits per heavy atom. The van der Waals surface area contributed by atoms with Crippen molar-refractivity contribution in [1.82, 2.24) is 0 Å². The number of aliphatic hydroxyl groups is 2. The summed E-state index contributed by atoms with van der Waals surface area (Å²) in [6.45, 7) is 0. The number of alkyl halides is 1. The third-order valence-corrected chi connectivity index (χ3v) is 5.30. The van der Waals surface area contributed by atoms with Crippen molar-refractivity contribution in [2.45, 2.75) is 31.2 Å². The fraction of sp³-hybridized carbons (Fsp3) is 0.500. The lowest BCUT2D eigenvalue weighted by molar-refractivity contribution is -0.176. The molecule has 3 N–H and O–H groups in total. The van der Waals surface area contributed by atoms with Crippen LogP contribution in [-0.4, -0.2) is 33.1 Å². The molecule has 21 heavy (non-hydrogen) atoms. The molecule has 4 nitrogen and oxygen atoms in total. The second-order valence-electron chi connectivity index (χ2n) is 5.60. The summed E-state index contributed by atoms with van der Waals surface area (Å²) in [5.41, 5.74) is 1.42. The first-order chi connectivity index (χ1) is 9.87. The Balaban J connectivity index is 2.07. The van der Waals surface area contributed by atoms with E-state index < -0.39 is 17.8 Å². The number of oxime groups is 1. The van der Waals surface area contributed by atoms with Crippen LogP contribution in [0, 0.1) is 11.8 Å². The number of hydrogen-bond donors (Lipinski definition) is 3. The van der Waals surface area contributed by atoms with Crippen LogP contribution in [0.4, 0.5) is 8.78 Å². The van der Waals surface area contributed by atoms with Crippen molar-refractivity contribution in [3.05, 3.63) is 33.6 Å². The lowest BCUT2D eigenvalue weighted by Crippen LogP contribution is -2.41. The highest BCUT2D eigenvalue weighted by atomic mass is 79.9. The van der Waals surface area contributed by atoms with E-state index in [1.807, 2.05) is 0 Å². The number of halogens is 3. The maximum atomic E-state index is 13.8. The van der Waals surface area contributed by atoms with Crippen molar-refractivity contribution in [3.63, 3.8) is 0 Å². The minimum absolute atomic E-state index is 0.0256. The van der Waals surface area contributed by atoms with Crippen molar-refractivity contribution >= 4 is 21.6 Å². The second kappa shape index (κ2) is 5.00. The number of nitrogens with zero attached hydrogens (tertiary/aromatic N) is 1. The average molecular weight is 362 g/mol. The van der Waals surface area contributed by atoms with E-state index in [1.165, 1.54) is 0 Å². The largest absolute Gasteiger partial charge is 0.411 e. The Morgan fingerprint density at radius 1 is 1.29 bits per heavy atom. The zero-order valence-electron chi connectivity index (χ0n) is 10.9. The summed E-state index contributed by atoms with van der Waals surface area (Å²) in [4.78, 5) is 0. The van der Waals surface area contributed by atoms with E-state index in [-0.39, 0.29) is 17.4 Å². The van der Waals surface area contributed by atoms with Crippen molar-refractivity contribution in [1.29, 1.82) is 0 Å². The van der Waals surface area contributed by atoms with Gasteiger partial charge in [-0.05, 0) is 58.0 Å². The third-order valence-electron chi connectivity index (χ3n) is 4.46. The van der Waals surface area contributed by atoms with Crippen LogP contribution in [-0.2, 0) is 0 Å². The number of allylic oxidation sites excluding steroid dienone is 4. The molecule has 1 fully saturated rings. The SMILES string of the molecule is ON=C1C(Br)=C(C2=CC(F)C(O)(O)C(F)=C2)C2CCCC12. The van der Waals surface area contributed by atoms with Crippen LogP contribution in [0.3, 0.4) is 0 Å². The van der Waals surface area contributed by atoms with Gasteiger partial charge in [-0.1, -0.05) is 11.6 Å². The van der Waals surface area contributed by atoms with Crippen molar-refractivity contribution in [2.75, 3.05) is 0 Å². The molecule has 114 valence electrons. The molecule has 3 aliphatic carbocycles. The molecule has 0 aromatic carbocycles. The van der Waals surface area contributed by atoms with Crippen molar-refractivity contribution in [2.24, 2.45) is 17.0 Å². The van der Waals surface area contributed by atoms with E-state index in [2.05, 4.69) is 21.1 Å². The summed E-state index contributed by atoms with van der Waals surface area (Å²) in [6.07, 6.45) is 2.31. The number of fused-ring (bicyclic) bond motifs is 1. The van der Waals surface area contributed by atoms with Gasteiger partial charge in [0.05, 0.1) is 5.71 Å². The van der Waals surface area contributed by atoms with Gasteiger partial charge in [0.2, 0.25) is 0 Å². The average Bonchev–Trinajstić information content (AvgIpc) is 2.95. The first-order valence-electron chi connectivity index (χ1n) is 6.68. The standard InChI is InChI=1S/C14H14BrF2NO3/c15-12-11(7-2-1-3-8(7)13(12)18-21)6-4-9(16)14(19,20)10(17)5-6/h4-5,7-9,19-21H,1-3H2. The van der Waals surface area contributed by atoms with Crippen LogP contribution in [0.25, 0.3) is 0 Å². The quantitative estimate of drug-likeness (QED) is 0.382. The van der Waals surface area contributed by atoms with E-state index in [1.54, 1.807) is 0 Å². The molecule has 1 saturated carbocycles. The molecule has 0 heterocycles. The first kappa shape index (κ1) is 14.9. The van der Waals surface area contributed by atoms with Gasteiger partial charge < -0.3 is 15.4 Å². The van der Waals surface area contributed by atoms with E-state index in [0.717, 1.165) is 31.4 Å². The number of rotatable bonds is 1. The molecule has 3 atom stereocenters. The normalized spacial score (nSPS) is 36.8. The minimum atomic E-state index is -3.11. The number of hydrogen-bond acceptors (Lipinski definition) is 4. The molecule has 0 spiro atoms. The highest BCUT2D eigenvalue weighted by Crippen LogP contribution is 2.51. The van der Waals surface area contributed by atoms with E-state index in [9.17, 15) is 19.0 Å². The second-order valence-corrected chi connectivity index (χ2v) is 6.39. The van der Waals surface area contributed by atoms with Crippen LogP contribution < -0.4 is 0 Å². The summed E-state index contributed by atoms with van der Waals surface area (Å²) in [7, 11) is 0. The Morgan fingerprint density at radius 2 is 1.95 bits per heavy atom. The van der Waals surface area contributed by atoms with E-state index in [0.29, 0.717) is 15.8 Å². The predicted octanol–water partition coefficient (Wildman–Crippen LogP) is 2.71. The lowest BCUT2D eigenvalue weighted by atomic mass is 9.86. The van der Waals surface area contributed by atoms with Gasteiger partial charge in [-0.15, -0.1) is 0 Å². The highest BCUT2D eigenvalue weighted by molar-refractivity contribution is 9.12. The van der Waals surface area contributed by atoms with Crippen LogP contribution >= 0.6 is 15.9 Å². The molecule has 3 unspecified atom stereocenters. The lowest BCUT2D eigenvalue weighted by Gasteiger charge is -2.27. The van der Waals surface area contributed by atoms with Gasteiger partial charge in [-0.2, -0.15) is 0 Å². The zero-order chi connectivity index (χ0) is 15.4. The van der Waals surface area contributed by atoms with E-state index in [4.69, 9.17) is 5.21 Å². The van der Waals surface area contributed by atoms with Crippen LogP contribution in [0.1, 0.15) is 19.3 Å². The topological polar surface area (TPSA) is 73.1 Å². The Bertz CT molecular complexity index is 609. The molecule has 0 amide bonds. The highest BCUT2D eigenvalue weighted by Gasteiger charge is 2.47. The molecule has 3 aliphatic rings. The summed E-state index contributed by atoms with van der Waals surface area (Å²) >= 11 is 3.34. The molecular weight excluding hydrogens is 348 g/mol. The van der Waals surface area contributed by atoms with Crippen LogP contribution in [0.15, 0.2) is 38.8 Å². The fourth-order valence-corrected chi connectivity index (χ4v) is 4.32.